The molecule has 1 aromatic rings. The summed E-state index contributed by atoms with van der Waals surface area (Å²) in [6, 6.07) is 3.42. The van der Waals surface area contributed by atoms with Gasteiger partial charge in [-0.2, -0.15) is 17.5 Å². The highest BCUT2D eigenvalue weighted by Crippen LogP contribution is 2.31. The summed E-state index contributed by atoms with van der Waals surface area (Å²) in [4.78, 5) is 11.9. The second-order valence-electron chi connectivity index (χ2n) is 6.38. The Bertz CT molecular complexity index is 825. The van der Waals surface area contributed by atoms with Gasteiger partial charge < -0.3 is 10.1 Å². The fourth-order valence-electron chi connectivity index (χ4n) is 2.56. The van der Waals surface area contributed by atoms with E-state index in [1.165, 1.54) is 16.4 Å². The lowest BCUT2D eigenvalue weighted by Crippen LogP contribution is -2.28. The fourth-order valence-corrected chi connectivity index (χ4v) is 4.11. The van der Waals surface area contributed by atoms with Gasteiger partial charge in [0.25, 0.3) is 0 Å². The molecule has 1 heterocycles. The highest BCUT2D eigenvalue weighted by molar-refractivity contribution is 7.89. The predicted octanol–water partition coefficient (Wildman–Crippen LogP) is 3.32. The van der Waals surface area contributed by atoms with Gasteiger partial charge in [-0.05, 0) is 44.9 Å². The maximum atomic E-state index is 12.7. The van der Waals surface area contributed by atoms with E-state index in [9.17, 15) is 26.4 Å². The highest BCUT2D eigenvalue weighted by Gasteiger charge is 2.30. The lowest BCUT2D eigenvalue weighted by Gasteiger charge is -2.18. The van der Waals surface area contributed by atoms with Crippen LogP contribution in [0.2, 0.25) is 0 Å². The molecule has 0 radical (unpaired) electrons. The number of amides is 1. The largest absolute Gasteiger partial charge is 0.482 e. The molecule has 2 rings (SSSR count). The Morgan fingerprint density at radius 1 is 1.26 bits per heavy atom. The van der Waals surface area contributed by atoms with Crippen molar-refractivity contribution < 1.29 is 31.1 Å². The molecule has 27 heavy (non-hydrogen) atoms. The number of allylic oxidation sites excluding steroid dienone is 1. The van der Waals surface area contributed by atoms with Crippen molar-refractivity contribution in [2.24, 2.45) is 0 Å². The molecule has 0 saturated carbocycles. The lowest BCUT2D eigenvalue weighted by molar-refractivity contribution is -0.153. The van der Waals surface area contributed by atoms with Crippen LogP contribution in [0.25, 0.3) is 0 Å². The summed E-state index contributed by atoms with van der Waals surface area (Å²) in [6.45, 7) is 2.56. The molecule has 0 unspecified atom stereocenters. The Hall–Kier alpha value is -2.07. The number of carbonyl (C=O) groups excluding carboxylic acids is 1. The molecule has 0 aromatic heterocycles. The van der Waals surface area contributed by atoms with Crippen LogP contribution in [0.3, 0.4) is 0 Å². The van der Waals surface area contributed by atoms with E-state index < -0.39 is 28.7 Å². The van der Waals surface area contributed by atoms with E-state index in [-0.39, 0.29) is 16.3 Å². The van der Waals surface area contributed by atoms with Crippen LogP contribution >= 0.6 is 0 Å². The number of ether oxygens (including phenoxy) is 1. The first-order valence-electron chi connectivity index (χ1n) is 8.29. The van der Waals surface area contributed by atoms with E-state index in [0.717, 1.165) is 25.0 Å². The van der Waals surface area contributed by atoms with Gasteiger partial charge in [0, 0.05) is 19.2 Å². The van der Waals surface area contributed by atoms with E-state index in [2.05, 4.69) is 5.32 Å². The van der Waals surface area contributed by atoms with Crippen LogP contribution in [0, 0.1) is 0 Å². The monoisotopic (exact) mass is 406 g/mol. The Morgan fingerprint density at radius 2 is 1.89 bits per heavy atom. The van der Waals surface area contributed by atoms with Crippen molar-refractivity contribution in [3.05, 3.63) is 29.8 Å². The molecular weight excluding hydrogens is 385 g/mol. The van der Waals surface area contributed by atoms with Crippen molar-refractivity contribution in [3.8, 4) is 5.75 Å². The van der Waals surface area contributed by atoms with Gasteiger partial charge in [0.2, 0.25) is 15.9 Å². The molecule has 0 spiro atoms. The molecule has 0 atom stereocenters. The first-order chi connectivity index (χ1) is 12.5. The molecule has 1 aliphatic heterocycles. The van der Waals surface area contributed by atoms with Gasteiger partial charge >= 0.3 is 6.18 Å². The van der Waals surface area contributed by atoms with Gasteiger partial charge in [-0.1, -0.05) is 5.57 Å². The summed E-state index contributed by atoms with van der Waals surface area (Å²) < 4.78 is 68.7. The van der Waals surface area contributed by atoms with Gasteiger partial charge in [-0.15, -0.1) is 0 Å². The summed E-state index contributed by atoms with van der Waals surface area (Å²) in [5, 5.41) is 2.39. The summed E-state index contributed by atoms with van der Waals surface area (Å²) >= 11 is 0. The molecule has 6 nitrogen and oxygen atoms in total. The van der Waals surface area contributed by atoms with Crippen molar-refractivity contribution >= 4 is 21.6 Å². The summed E-state index contributed by atoms with van der Waals surface area (Å²) in [5.74, 6) is -0.856. The number of halogens is 3. The Kier molecular flexibility index (Phi) is 6.53. The maximum Gasteiger partial charge on any atom is 0.422 e. The number of rotatable bonds is 6. The highest BCUT2D eigenvalue weighted by atomic mass is 32.2. The number of hydrogen-bond donors (Lipinski definition) is 1. The molecule has 0 aliphatic carbocycles. The molecule has 1 amide bonds. The Balaban J connectivity index is 2.37. The van der Waals surface area contributed by atoms with Crippen LogP contribution in [0.15, 0.2) is 34.7 Å². The minimum absolute atomic E-state index is 0.115. The summed E-state index contributed by atoms with van der Waals surface area (Å²) in [6.07, 6.45) is -1.83. The third-order valence-corrected chi connectivity index (χ3v) is 5.62. The number of hydrogen-bond acceptors (Lipinski definition) is 4. The molecule has 1 aromatic carbocycles. The van der Waals surface area contributed by atoms with Gasteiger partial charge in [-0.3, -0.25) is 4.79 Å². The van der Waals surface area contributed by atoms with Crippen LogP contribution in [-0.2, 0) is 14.8 Å². The average Bonchev–Trinajstić information content (AvgIpc) is 3.07. The quantitative estimate of drug-likeness (QED) is 0.736. The topological polar surface area (TPSA) is 75.7 Å². The molecule has 1 aliphatic rings. The number of nitrogens with zero attached hydrogens (tertiary/aromatic N) is 1. The molecule has 1 saturated heterocycles. The van der Waals surface area contributed by atoms with E-state index in [4.69, 9.17) is 4.74 Å². The third kappa shape index (κ3) is 5.96. The Morgan fingerprint density at radius 3 is 2.44 bits per heavy atom. The first-order valence-corrected chi connectivity index (χ1v) is 9.73. The number of sulfonamides is 1. The molecule has 1 fully saturated rings. The smallest absolute Gasteiger partial charge is 0.422 e. The normalized spacial score (nSPS) is 15.4. The zero-order valence-corrected chi connectivity index (χ0v) is 15.8. The molecule has 150 valence electrons. The second-order valence-corrected chi connectivity index (χ2v) is 8.32. The zero-order valence-electron chi connectivity index (χ0n) is 15.0. The van der Waals surface area contributed by atoms with Crippen molar-refractivity contribution in [1.29, 1.82) is 0 Å². The van der Waals surface area contributed by atoms with Crippen LogP contribution in [-0.4, -0.2) is 44.5 Å². The predicted molar refractivity (Wildman–Crippen MR) is 94.0 cm³/mol. The van der Waals surface area contributed by atoms with Crippen LogP contribution < -0.4 is 10.1 Å². The van der Waals surface area contributed by atoms with Crippen LogP contribution in [0.5, 0.6) is 5.75 Å². The standard InChI is InChI=1S/C17H21F3N2O4S/c1-12(2)9-16(23)21-14-10-13(27(24,25)22-7-3-4-8-22)5-6-15(14)26-11-17(18,19)20/h5-6,9-10H,3-4,7-8,11H2,1-2H3,(H,21,23). The number of nitrogens with one attached hydrogen (secondary N) is 1. The van der Waals surface area contributed by atoms with Crippen molar-refractivity contribution in [2.75, 3.05) is 25.0 Å². The number of anilines is 1. The van der Waals surface area contributed by atoms with Crippen LogP contribution in [0.1, 0.15) is 26.7 Å². The van der Waals surface area contributed by atoms with Crippen molar-refractivity contribution in [1.82, 2.24) is 4.31 Å². The first kappa shape index (κ1) is 21.2. The maximum absolute atomic E-state index is 12.7. The van der Waals surface area contributed by atoms with E-state index in [0.29, 0.717) is 18.7 Å². The fraction of sp³-hybridized carbons (Fsp3) is 0.471. The number of alkyl halides is 3. The molecular formula is C17H21F3N2O4S. The van der Waals surface area contributed by atoms with E-state index in [1.807, 2.05) is 0 Å². The third-order valence-electron chi connectivity index (χ3n) is 3.72. The van der Waals surface area contributed by atoms with Gasteiger partial charge in [0.15, 0.2) is 6.61 Å². The number of benzene rings is 1. The average molecular weight is 406 g/mol. The number of carbonyl (C=O) groups is 1. The second kappa shape index (κ2) is 8.30. The summed E-state index contributed by atoms with van der Waals surface area (Å²) in [7, 11) is -3.79. The van der Waals surface area contributed by atoms with Crippen molar-refractivity contribution in [3.63, 3.8) is 0 Å². The minimum atomic E-state index is -4.57. The van der Waals surface area contributed by atoms with Gasteiger partial charge in [0.1, 0.15) is 5.75 Å². The van der Waals surface area contributed by atoms with E-state index >= 15 is 0 Å². The Labute approximate surface area is 156 Å². The molecule has 0 bridgehead atoms. The molecule has 10 heteroatoms. The van der Waals surface area contributed by atoms with Crippen molar-refractivity contribution in [2.45, 2.75) is 37.8 Å². The SMILES string of the molecule is CC(C)=CC(=O)Nc1cc(S(=O)(=O)N2CCCC2)ccc1OCC(F)(F)F. The summed E-state index contributed by atoms with van der Waals surface area (Å²) in [5.41, 5.74) is 0.535. The van der Waals surface area contributed by atoms with Gasteiger partial charge in [0.05, 0.1) is 10.6 Å². The zero-order chi connectivity index (χ0) is 20.2. The minimum Gasteiger partial charge on any atom is -0.482 e. The van der Waals surface area contributed by atoms with E-state index in [1.54, 1.807) is 13.8 Å². The molecule has 1 N–H and O–H groups in total. The van der Waals surface area contributed by atoms with Crippen LogP contribution in [0.4, 0.5) is 18.9 Å². The lowest BCUT2D eigenvalue weighted by atomic mass is 10.2. The van der Waals surface area contributed by atoms with Gasteiger partial charge in [-0.25, -0.2) is 8.42 Å².